The van der Waals surface area contributed by atoms with Crippen molar-refractivity contribution in [1.82, 2.24) is 14.1 Å². The lowest BCUT2D eigenvalue weighted by Crippen LogP contribution is -2.49. The number of amides is 1. The van der Waals surface area contributed by atoms with Crippen molar-refractivity contribution in [1.29, 1.82) is 0 Å². The largest absolute Gasteiger partial charge is 0.416 e. The summed E-state index contributed by atoms with van der Waals surface area (Å²) < 4.78 is 67.8. The summed E-state index contributed by atoms with van der Waals surface area (Å²) in [6.07, 6.45) is -3.23. The van der Waals surface area contributed by atoms with E-state index in [1.807, 2.05) is 32.0 Å². The number of rotatable bonds is 5. The van der Waals surface area contributed by atoms with E-state index in [1.165, 1.54) is 22.2 Å². The number of carbonyl (C=O) groups excluding carboxylic acids is 1. The highest BCUT2D eigenvalue weighted by Gasteiger charge is 2.35. The normalized spacial score (nSPS) is 15.2. The molecule has 0 spiro atoms. The molecule has 0 aliphatic carbocycles. The maximum atomic E-state index is 13.4. The van der Waals surface area contributed by atoms with Gasteiger partial charge in [-0.15, -0.1) is 0 Å². The first-order valence-corrected chi connectivity index (χ1v) is 12.7. The number of sulfonamides is 1. The maximum absolute atomic E-state index is 13.4. The molecule has 1 N–H and O–H groups in total. The Labute approximate surface area is 207 Å². The van der Waals surface area contributed by atoms with Crippen molar-refractivity contribution in [3.05, 3.63) is 70.9 Å². The number of benzene rings is 2. The van der Waals surface area contributed by atoms with Gasteiger partial charge in [0.25, 0.3) is 15.9 Å². The van der Waals surface area contributed by atoms with Crippen LogP contribution in [0.3, 0.4) is 0 Å². The van der Waals surface area contributed by atoms with Gasteiger partial charge >= 0.3 is 6.18 Å². The van der Waals surface area contributed by atoms with E-state index in [0.717, 1.165) is 41.1 Å². The molecule has 8 nitrogen and oxygen atoms in total. The molecule has 1 amide bonds. The van der Waals surface area contributed by atoms with E-state index in [9.17, 15) is 26.4 Å². The number of anilines is 2. The lowest BCUT2D eigenvalue weighted by atomic mass is 10.1. The average molecular weight is 522 g/mol. The Morgan fingerprint density at radius 3 is 2.25 bits per heavy atom. The van der Waals surface area contributed by atoms with Crippen LogP contribution in [0.25, 0.3) is 0 Å². The fourth-order valence-corrected chi connectivity index (χ4v) is 5.67. The molecule has 0 bridgehead atoms. The van der Waals surface area contributed by atoms with Crippen LogP contribution in [0, 0.1) is 13.8 Å². The van der Waals surface area contributed by atoms with Gasteiger partial charge in [-0.25, -0.2) is 8.42 Å². The standard InChI is InChI=1S/C24H26F3N5O3S/c1-16-5-4-6-21(17(16)2)31-11-13-32(14-12-31)36(34,35)23-20(15-30(3)29-23)22(33)28-19-9-7-18(8-10-19)24(25,26)27/h4-10,15H,11-14H2,1-3H3,(H,28,33). The second-order valence-electron chi connectivity index (χ2n) is 8.66. The first-order chi connectivity index (χ1) is 16.9. The second kappa shape index (κ2) is 9.58. The number of aryl methyl sites for hydroxylation is 2. The summed E-state index contributed by atoms with van der Waals surface area (Å²) in [5.41, 5.74) is 2.41. The lowest BCUT2D eigenvalue weighted by molar-refractivity contribution is -0.137. The van der Waals surface area contributed by atoms with Gasteiger partial charge in [0, 0.05) is 50.8 Å². The molecule has 0 radical (unpaired) electrons. The highest BCUT2D eigenvalue weighted by atomic mass is 32.2. The fraction of sp³-hybridized carbons (Fsp3) is 0.333. The van der Waals surface area contributed by atoms with Gasteiger partial charge in [-0.1, -0.05) is 12.1 Å². The molecule has 1 fully saturated rings. The molecule has 2 aromatic carbocycles. The molecular formula is C24H26F3N5O3S. The fourth-order valence-electron chi connectivity index (χ4n) is 4.13. The third-order valence-electron chi connectivity index (χ3n) is 6.25. The van der Waals surface area contributed by atoms with E-state index < -0.39 is 32.7 Å². The quantitative estimate of drug-likeness (QED) is 0.552. The first kappa shape index (κ1) is 25.7. The van der Waals surface area contributed by atoms with E-state index in [2.05, 4.69) is 15.3 Å². The Hall–Kier alpha value is -3.38. The number of carbonyl (C=O) groups is 1. The highest BCUT2D eigenvalue weighted by Crippen LogP contribution is 2.30. The van der Waals surface area contributed by atoms with E-state index in [4.69, 9.17) is 0 Å². The third-order valence-corrected chi connectivity index (χ3v) is 8.08. The van der Waals surface area contributed by atoms with Crippen LogP contribution in [-0.4, -0.2) is 54.6 Å². The van der Waals surface area contributed by atoms with Gasteiger partial charge in [0.1, 0.15) is 0 Å². The van der Waals surface area contributed by atoms with E-state index in [-0.39, 0.29) is 24.3 Å². The minimum Gasteiger partial charge on any atom is -0.369 e. The van der Waals surface area contributed by atoms with Crippen molar-refractivity contribution in [2.75, 3.05) is 36.4 Å². The molecule has 0 atom stereocenters. The first-order valence-electron chi connectivity index (χ1n) is 11.2. The minimum atomic E-state index is -4.50. The molecule has 192 valence electrons. The average Bonchev–Trinajstić information content (AvgIpc) is 3.23. The van der Waals surface area contributed by atoms with Crippen molar-refractivity contribution < 1.29 is 26.4 Å². The van der Waals surface area contributed by atoms with Crippen LogP contribution in [0.2, 0.25) is 0 Å². The maximum Gasteiger partial charge on any atom is 0.416 e. The van der Waals surface area contributed by atoms with Crippen molar-refractivity contribution >= 4 is 27.3 Å². The smallest absolute Gasteiger partial charge is 0.369 e. The molecule has 1 aliphatic rings. The summed E-state index contributed by atoms with van der Waals surface area (Å²) in [4.78, 5) is 15.0. The molecule has 12 heteroatoms. The summed E-state index contributed by atoms with van der Waals surface area (Å²) in [5.74, 6) is -0.782. The number of piperazine rings is 1. The number of alkyl halides is 3. The Morgan fingerprint density at radius 1 is 1.00 bits per heavy atom. The summed E-state index contributed by atoms with van der Waals surface area (Å²) in [7, 11) is -2.60. The highest BCUT2D eigenvalue weighted by molar-refractivity contribution is 7.89. The SMILES string of the molecule is Cc1cccc(N2CCN(S(=O)(=O)c3nn(C)cc3C(=O)Nc3ccc(C(F)(F)F)cc3)CC2)c1C. The predicted molar refractivity (Wildman–Crippen MR) is 129 cm³/mol. The molecule has 3 aromatic rings. The van der Waals surface area contributed by atoms with E-state index in [0.29, 0.717) is 13.1 Å². The van der Waals surface area contributed by atoms with Crippen LogP contribution in [0.15, 0.2) is 53.7 Å². The van der Waals surface area contributed by atoms with Crippen molar-refractivity contribution in [3.8, 4) is 0 Å². The van der Waals surface area contributed by atoms with Crippen LogP contribution in [0.5, 0.6) is 0 Å². The van der Waals surface area contributed by atoms with Crippen LogP contribution in [0.4, 0.5) is 24.5 Å². The molecule has 0 saturated carbocycles. The van der Waals surface area contributed by atoms with Crippen LogP contribution in [0.1, 0.15) is 27.0 Å². The minimum absolute atomic E-state index is 0.0994. The molecule has 36 heavy (non-hydrogen) atoms. The Morgan fingerprint density at radius 2 is 1.64 bits per heavy atom. The molecule has 1 aliphatic heterocycles. The van der Waals surface area contributed by atoms with Gasteiger partial charge in [0.15, 0.2) is 0 Å². The number of halogens is 3. The molecule has 1 aromatic heterocycles. The number of hydrogen-bond acceptors (Lipinski definition) is 5. The predicted octanol–water partition coefficient (Wildman–Crippen LogP) is 3.82. The van der Waals surface area contributed by atoms with E-state index >= 15 is 0 Å². The Kier molecular flexibility index (Phi) is 6.84. The monoisotopic (exact) mass is 521 g/mol. The molecule has 1 saturated heterocycles. The zero-order chi connectivity index (χ0) is 26.3. The van der Waals surface area contributed by atoms with Gasteiger partial charge < -0.3 is 10.2 Å². The number of nitrogens with one attached hydrogen (secondary N) is 1. The second-order valence-corrected chi connectivity index (χ2v) is 10.5. The zero-order valence-corrected chi connectivity index (χ0v) is 20.8. The topological polar surface area (TPSA) is 87.5 Å². The van der Waals surface area contributed by atoms with Crippen molar-refractivity contribution in [3.63, 3.8) is 0 Å². The summed E-state index contributed by atoms with van der Waals surface area (Å²) in [5, 5.41) is 6.09. The van der Waals surface area contributed by atoms with Crippen LogP contribution in [-0.2, 0) is 23.2 Å². The van der Waals surface area contributed by atoms with Gasteiger partial charge in [0.05, 0.1) is 11.1 Å². The van der Waals surface area contributed by atoms with Gasteiger partial charge in [-0.3, -0.25) is 9.48 Å². The lowest BCUT2D eigenvalue weighted by Gasteiger charge is -2.36. The Bertz CT molecular complexity index is 1380. The number of nitrogens with zero attached hydrogens (tertiary/aromatic N) is 4. The summed E-state index contributed by atoms with van der Waals surface area (Å²) in [6, 6.07) is 9.90. The Balaban J connectivity index is 1.51. The van der Waals surface area contributed by atoms with E-state index in [1.54, 1.807) is 0 Å². The molecule has 4 rings (SSSR count). The van der Waals surface area contributed by atoms with Crippen LogP contribution >= 0.6 is 0 Å². The van der Waals surface area contributed by atoms with Crippen molar-refractivity contribution in [2.45, 2.75) is 25.0 Å². The van der Waals surface area contributed by atoms with Gasteiger partial charge in [-0.05, 0) is 55.3 Å². The summed E-state index contributed by atoms with van der Waals surface area (Å²) in [6.45, 7) is 5.44. The summed E-state index contributed by atoms with van der Waals surface area (Å²) >= 11 is 0. The molecular weight excluding hydrogens is 495 g/mol. The van der Waals surface area contributed by atoms with Crippen molar-refractivity contribution in [2.24, 2.45) is 7.05 Å². The molecule has 0 unspecified atom stereocenters. The van der Waals surface area contributed by atoms with Crippen LogP contribution < -0.4 is 10.2 Å². The molecule has 2 heterocycles. The number of hydrogen-bond donors (Lipinski definition) is 1. The van der Waals surface area contributed by atoms with Gasteiger partial charge in [0.2, 0.25) is 5.03 Å². The zero-order valence-electron chi connectivity index (χ0n) is 20.0. The third kappa shape index (κ3) is 5.09. The van der Waals surface area contributed by atoms with Gasteiger partial charge in [-0.2, -0.15) is 22.6 Å². The number of aromatic nitrogens is 2.